The van der Waals surface area contributed by atoms with Gasteiger partial charge in [0.25, 0.3) is 5.91 Å². The van der Waals surface area contributed by atoms with Crippen LogP contribution in [0.25, 0.3) is 0 Å². The van der Waals surface area contributed by atoms with Gasteiger partial charge in [0.05, 0.1) is 18.1 Å². The highest BCUT2D eigenvalue weighted by Gasteiger charge is 2.46. The lowest BCUT2D eigenvalue weighted by Gasteiger charge is -2.33. The van der Waals surface area contributed by atoms with Gasteiger partial charge in [-0.25, -0.2) is 4.39 Å². The molecule has 0 radical (unpaired) electrons. The molecule has 1 unspecified atom stereocenters. The molecule has 3 aliphatic heterocycles. The van der Waals surface area contributed by atoms with E-state index in [-0.39, 0.29) is 29.8 Å². The summed E-state index contributed by atoms with van der Waals surface area (Å²) < 4.78 is 25.8. The maximum absolute atomic E-state index is 14.0. The van der Waals surface area contributed by atoms with Gasteiger partial charge in [0.1, 0.15) is 29.6 Å². The predicted octanol–water partition coefficient (Wildman–Crippen LogP) is 3.96. The number of fused-ring (bicyclic) bond motifs is 3. The van der Waals surface area contributed by atoms with Crippen molar-refractivity contribution in [2.24, 2.45) is 5.10 Å². The fourth-order valence-corrected chi connectivity index (χ4v) is 4.83. The molecule has 0 N–H and O–H groups in total. The van der Waals surface area contributed by atoms with Crippen LogP contribution in [0.15, 0.2) is 53.6 Å². The van der Waals surface area contributed by atoms with Gasteiger partial charge in [-0.2, -0.15) is 5.10 Å². The molecule has 0 bridgehead atoms. The minimum absolute atomic E-state index is 0.109. The van der Waals surface area contributed by atoms with Gasteiger partial charge >= 0.3 is 0 Å². The summed E-state index contributed by atoms with van der Waals surface area (Å²) in [4.78, 5) is 15.3. The fourth-order valence-electron chi connectivity index (χ4n) is 4.83. The van der Waals surface area contributed by atoms with E-state index in [9.17, 15) is 9.18 Å². The third-order valence-corrected chi connectivity index (χ3v) is 6.57. The Labute approximate surface area is 187 Å². The third kappa shape index (κ3) is 3.97. The van der Waals surface area contributed by atoms with Crippen LogP contribution >= 0.6 is 0 Å². The molecule has 5 rings (SSSR count). The Morgan fingerprint density at radius 3 is 2.84 bits per heavy atom. The Hall–Kier alpha value is -2.93. The number of nitrogens with zero attached hydrogens (tertiary/aromatic N) is 3. The summed E-state index contributed by atoms with van der Waals surface area (Å²) >= 11 is 0. The molecule has 168 valence electrons. The average molecular weight is 438 g/mol. The van der Waals surface area contributed by atoms with Crippen molar-refractivity contribution in [1.82, 2.24) is 4.90 Å². The van der Waals surface area contributed by atoms with Crippen LogP contribution in [0.4, 0.5) is 10.1 Å². The molecule has 0 saturated carbocycles. The van der Waals surface area contributed by atoms with Gasteiger partial charge in [0.15, 0.2) is 0 Å². The number of carbonyl (C=O) groups excluding carboxylic acids is 1. The lowest BCUT2D eigenvalue weighted by atomic mass is 9.87. The van der Waals surface area contributed by atoms with Crippen LogP contribution in [0.2, 0.25) is 0 Å². The number of hydrogen-bond acceptors (Lipinski definition) is 5. The highest BCUT2D eigenvalue weighted by molar-refractivity contribution is 6.42. The van der Waals surface area contributed by atoms with E-state index in [4.69, 9.17) is 14.6 Å². The van der Waals surface area contributed by atoms with Crippen LogP contribution in [0.5, 0.6) is 5.75 Å². The molecule has 32 heavy (non-hydrogen) atoms. The van der Waals surface area contributed by atoms with Crippen LogP contribution in [0.3, 0.4) is 0 Å². The molecule has 1 amide bonds. The Bertz CT molecular complexity index is 1010. The Morgan fingerprint density at radius 2 is 2.06 bits per heavy atom. The zero-order chi connectivity index (χ0) is 22.1. The number of halogens is 1. The van der Waals surface area contributed by atoms with E-state index in [1.807, 2.05) is 37.4 Å². The molecule has 0 spiro atoms. The molecular formula is C25H28FN3O3. The van der Waals surface area contributed by atoms with E-state index >= 15 is 0 Å². The average Bonchev–Trinajstić information content (AvgIpc) is 3.23. The molecule has 2 aromatic rings. The minimum Gasteiger partial charge on any atom is -0.489 e. The molecule has 1 fully saturated rings. The SMILES string of the molecule is CN(CCC1CCCCO1)C(=O)C1=NN2c3cc(F)ccc3OC[C@H]2[C@H]1c1ccccc1. The first-order valence-electron chi connectivity index (χ1n) is 11.3. The lowest BCUT2D eigenvalue weighted by Crippen LogP contribution is -2.43. The summed E-state index contributed by atoms with van der Waals surface area (Å²) in [5.74, 6) is -0.144. The summed E-state index contributed by atoms with van der Waals surface area (Å²) in [6.45, 7) is 1.78. The standard InChI is InChI=1S/C25H28FN3O3/c1-28(13-12-19-9-5-6-14-31-19)25(30)24-23(17-7-3-2-4-8-17)21-16-32-22-11-10-18(26)15-20(22)29(21)27-24/h2-4,7-8,10-11,15,19,21,23H,5-6,9,12-14,16H2,1H3/t19?,21-,23+/m0/s1. The predicted molar refractivity (Wildman–Crippen MR) is 121 cm³/mol. The topological polar surface area (TPSA) is 54.4 Å². The van der Waals surface area contributed by atoms with Gasteiger partial charge in [-0.05, 0) is 43.4 Å². The summed E-state index contributed by atoms with van der Waals surface area (Å²) in [6, 6.07) is 14.1. The van der Waals surface area contributed by atoms with E-state index < -0.39 is 0 Å². The second kappa shape index (κ2) is 8.90. The van der Waals surface area contributed by atoms with Crippen molar-refractivity contribution in [3.8, 4) is 5.75 Å². The molecule has 6 nitrogen and oxygen atoms in total. The van der Waals surface area contributed by atoms with Gasteiger partial charge < -0.3 is 14.4 Å². The molecular weight excluding hydrogens is 409 g/mol. The molecule has 1 saturated heterocycles. The summed E-state index contributed by atoms with van der Waals surface area (Å²) in [5.41, 5.74) is 2.02. The van der Waals surface area contributed by atoms with Gasteiger partial charge in [0.2, 0.25) is 0 Å². The van der Waals surface area contributed by atoms with Gasteiger partial charge in [0, 0.05) is 26.3 Å². The Balaban J connectivity index is 1.42. The summed E-state index contributed by atoms with van der Waals surface area (Å²) in [6.07, 6.45) is 4.37. The van der Waals surface area contributed by atoms with E-state index in [1.165, 1.54) is 18.6 Å². The van der Waals surface area contributed by atoms with Crippen LogP contribution in [-0.4, -0.2) is 55.5 Å². The Kier molecular flexibility index (Phi) is 5.83. The third-order valence-electron chi connectivity index (χ3n) is 6.57. The highest BCUT2D eigenvalue weighted by Crippen LogP contribution is 2.43. The van der Waals surface area contributed by atoms with Crippen LogP contribution in [0, 0.1) is 5.82 Å². The normalized spacial score (nSPS) is 24.2. The van der Waals surface area contributed by atoms with Crippen molar-refractivity contribution in [3.63, 3.8) is 0 Å². The fraction of sp³-hybridized carbons (Fsp3) is 0.440. The van der Waals surface area contributed by atoms with E-state index in [1.54, 1.807) is 16.0 Å². The van der Waals surface area contributed by atoms with Gasteiger partial charge in [-0.15, -0.1) is 0 Å². The van der Waals surface area contributed by atoms with Gasteiger partial charge in [-0.1, -0.05) is 30.3 Å². The van der Waals surface area contributed by atoms with Crippen molar-refractivity contribution in [3.05, 3.63) is 59.9 Å². The quantitative estimate of drug-likeness (QED) is 0.711. The second-order valence-corrected chi connectivity index (χ2v) is 8.71. The first-order chi connectivity index (χ1) is 15.6. The smallest absolute Gasteiger partial charge is 0.270 e. The maximum atomic E-state index is 14.0. The van der Waals surface area contributed by atoms with Crippen LogP contribution < -0.4 is 9.75 Å². The van der Waals surface area contributed by atoms with Crippen molar-refractivity contribution >= 4 is 17.3 Å². The number of amides is 1. The lowest BCUT2D eigenvalue weighted by molar-refractivity contribution is -0.123. The number of hydrogen-bond donors (Lipinski definition) is 0. The molecule has 3 heterocycles. The van der Waals surface area contributed by atoms with Crippen LogP contribution in [-0.2, 0) is 9.53 Å². The molecule has 3 atom stereocenters. The van der Waals surface area contributed by atoms with Gasteiger partial charge in [-0.3, -0.25) is 9.80 Å². The van der Waals surface area contributed by atoms with E-state index in [0.29, 0.717) is 30.3 Å². The zero-order valence-corrected chi connectivity index (χ0v) is 18.2. The second-order valence-electron chi connectivity index (χ2n) is 8.71. The first-order valence-corrected chi connectivity index (χ1v) is 11.3. The van der Waals surface area contributed by atoms with Crippen LogP contribution in [0.1, 0.15) is 37.2 Å². The Morgan fingerprint density at radius 1 is 1.22 bits per heavy atom. The van der Waals surface area contributed by atoms with Crippen molar-refractivity contribution in [1.29, 1.82) is 0 Å². The number of carbonyl (C=O) groups is 1. The monoisotopic (exact) mass is 437 g/mol. The minimum atomic E-state index is -0.358. The molecule has 3 aliphatic rings. The largest absolute Gasteiger partial charge is 0.489 e. The summed E-state index contributed by atoms with van der Waals surface area (Å²) in [7, 11) is 1.82. The number of rotatable bonds is 5. The molecule has 7 heteroatoms. The number of benzene rings is 2. The number of anilines is 1. The van der Waals surface area contributed by atoms with Crippen molar-refractivity contribution in [2.75, 3.05) is 31.8 Å². The highest BCUT2D eigenvalue weighted by atomic mass is 19.1. The first kappa shape index (κ1) is 20.9. The number of hydrazone groups is 1. The molecule has 0 aliphatic carbocycles. The van der Waals surface area contributed by atoms with E-state index in [2.05, 4.69) is 0 Å². The van der Waals surface area contributed by atoms with E-state index in [0.717, 1.165) is 31.4 Å². The number of ether oxygens (including phenoxy) is 2. The zero-order valence-electron chi connectivity index (χ0n) is 18.2. The van der Waals surface area contributed by atoms with Crippen molar-refractivity contribution < 1.29 is 18.7 Å². The molecule has 2 aromatic carbocycles. The summed E-state index contributed by atoms with van der Waals surface area (Å²) in [5, 5.41) is 6.52. The maximum Gasteiger partial charge on any atom is 0.270 e. The molecule has 0 aromatic heterocycles. The van der Waals surface area contributed by atoms with Crippen molar-refractivity contribution in [2.45, 2.75) is 43.7 Å².